The van der Waals surface area contributed by atoms with Gasteiger partial charge in [0.15, 0.2) is 0 Å². The molecule has 1 unspecified atom stereocenters. The maximum absolute atomic E-state index is 10.3. The van der Waals surface area contributed by atoms with Crippen LogP contribution in [0.2, 0.25) is 0 Å². The molecule has 3 nitrogen and oxygen atoms in total. The van der Waals surface area contributed by atoms with Crippen LogP contribution in [0.1, 0.15) is 20.3 Å². The van der Waals surface area contributed by atoms with Gasteiger partial charge in [0.25, 0.3) is 0 Å². The molecule has 0 aromatic heterocycles. The lowest BCUT2D eigenvalue weighted by Gasteiger charge is -2.11. The summed E-state index contributed by atoms with van der Waals surface area (Å²) in [5, 5.41) is 0. The van der Waals surface area contributed by atoms with Gasteiger partial charge in [-0.25, -0.2) is 0 Å². The first-order valence-corrected chi connectivity index (χ1v) is 3.74. The number of carbonyl (C=O) groups excluding carboxylic acids is 2. The summed E-state index contributed by atoms with van der Waals surface area (Å²) in [5.74, 6) is -0.0881. The Morgan fingerprint density at radius 2 is 1.92 bits per heavy atom. The summed E-state index contributed by atoms with van der Waals surface area (Å²) in [4.78, 5) is 22.4. The second kappa shape index (κ2) is 8.40. The Hall–Kier alpha value is -0.700. The fourth-order valence-electron chi connectivity index (χ4n) is 0.789. The minimum atomic E-state index is -0.0881. The van der Waals surface area contributed by atoms with Crippen molar-refractivity contribution in [2.45, 2.75) is 20.3 Å². The van der Waals surface area contributed by atoms with E-state index in [2.05, 4.69) is 0 Å². The van der Waals surface area contributed by atoms with E-state index >= 15 is 0 Å². The minimum Gasteiger partial charge on any atom is -0.309 e. The molecule has 0 rings (SSSR count). The molecule has 0 aliphatic rings. The molecule has 0 aromatic rings. The molecule has 0 amide bonds. The molecule has 1 atom stereocenters. The highest BCUT2D eigenvalue weighted by Crippen LogP contribution is 2.02. The second-order valence-electron chi connectivity index (χ2n) is 2.89. The minimum absolute atomic E-state index is 0. The molecule has 0 saturated heterocycles. The van der Waals surface area contributed by atoms with Gasteiger partial charge in [0.2, 0.25) is 0 Å². The maximum Gasteiger partial charge on any atom is 0.123 e. The van der Waals surface area contributed by atoms with Gasteiger partial charge < -0.3 is 14.5 Å². The lowest BCUT2D eigenvalue weighted by molar-refractivity contribution is -0.115. The average molecular weight is 173 g/mol. The van der Waals surface area contributed by atoms with Crippen LogP contribution in [0.15, 0.2) is 0 Å². The van der Waals surface area contributed by atoms with Gasteiger partial charge in [0.1, 0.15) is 12.6 Å². The van der Waals surface area contributed by atoms with Crippen molar-refractivity contribution in [1.82, 2.24) is 4.90 Å². The standard InChI is InChI=1S/C8H15NO2.CH4/c1-9(2)5-3-8(7-11)4-6-10;/h6-8H,3-5H2,1-2H3;1H4. The van der Waals surface area contributed by atoms with Gasteiger partial charge in [-0.3, -0.25) is 0 Å². The summed E-state index contributed by atoms with van der Waals surface area (Å²) in [6, 6.07) is 0. The van der Waals surface area contributed by atoms with E-state index in [4.69, 9.17) is 0 Å². The van der Waals surface area contributed by atoms with Gasteiger partial charge in [-0.2, -0.15) is 0 Å². The van der Waals surface area contributed by atoms with Crippen molar-refractivity contribution in [2.24, 2.45) is 5.92 Å². The monoisotopic (exact) mass is 173 g/mol. The number of rotatable bonds is 6. The molecule has 0 N–H and O–H groups in total. The first-order valence-electron chi connectivity index (χ1n) is 3.74. The maximum atomic E-state index is 10.3. The SMILES string of the molecule is C.CN(C)CCC(C=O)CC=O. The highest BCUT2D eigenvalue weighted by atomic mass is 16.1. The summed E-state index contributed by atoms with van der Waals surface area (Å²) in [6.45, 7) is 0.858. The zero-order valence-corrected chi connectivity index (χ0v) is 7.12. The summed E-state index contributed by atoms with van der Waals surface area (Å²) >= 11 is 0. The Bertz CT molecular complexity index is 124. The van der Waals surface area contributed by atoms with E-state index in [1.54, 1.807) is 0 Å². The van der Waals surface area contributed by atoms with Crippen LogP contribution in [0, 0.1) is 5.92 Å². The van der Waals surface area contributed by atoms with Crippen molar-refractivity contribution < 1.29 is 9.59 Å². The van der Waals surface area contributed by atoms with Gasteiger partial charge in [-0.15, -0.1) is 0 Å². The highest BCUT2D eigenvalue weighted by Gasteiger charge is 2.05. The van der Waals surface area contributed by atoms with E-state index in [1.165, 1.54) is 0 Å². The van der Waals surface area contributed by atoms with Gasteiger partial charge >= 0.3 is 0 Å². The quantitative estimate of drug-likeness (QED) is 0.562. The molecule has 0 aliphatic heterocycles. The second-order valence-corrected chi connectivity index (χ2v) is 2.89. The molecular weight excluding hydrogens is 154 g/mol. The van der Waals surface area contributed by atoms with Crippen LogP contribution < -0.4 is 0 Å². The molecule has 3 heteroatoms. The van der Waals surface area contributed by atoms with Crippen LogP contribution in [0.3, 0.4) is 0 Å². The van der Waals surface area contributed by atoms with Crippen LogP contribution in [-0.2, 0) is 9.59 Å². The third-order valence-corrected chi connectivity index (χ3v) is 1.54. The zero-order valence-electron chi connectivity index (χ0n) is 7.12. The zero-order chi connectivity index (χ0) is 8.69. The number of carbonyl (C=O) groups is 2. The van der Waals surface area contributed by atoms with Gasteiger partial charge in [0, 0.05) is 12.3 Å². The van der Waals surface area contributed by atoms with Gasteiger partial charge in [0.05, 0.1) is 0 Å². The van der Waals surface area contributed by atoms with Crippen molar-refractivity contribution in [3.63, 3.8) is 0 Å². The fraction of sp³-hybridized carbons (Fsp3) is 0.778. The van der Waals surface area contributed by atoms with Crippen LogP contribution in [-0.4, -0.2) is 38.1 Å². The van der Waals surface area contributed by atoms with Crippen molar-refractivity contribution >= 4 is 12.6 Å². The molecule has 0 fully saturated rings. The van der Waals surface area contributed by atoms with Gasteiger partial charge in [-0.05, 0) is 27.1 Å². The molecule has 0 bridgehead atoms. The first-order chi connectivity index (χ1) is 5.20. The highest BCUT2D eigenvalue weighted by molar-refractivity contribution is 5.61. The molecule has 72 valence electrons. The topological polar surface area (TPSA) is 37.4 Å². The third kappa shape index (κ3) is 7.41. The largest absolute Gasteiger partial charge is 0.309 e. The summed E-state index contributed by atoms with van der Waals surface area (Å²) in [6.07, 6.45) is 2.79. The van der Waals surface area contributed by atoms with Gasteiger partial charge in [-0.1, -0.05) is 7.43 Å². The molecule has 0 heterocycles. The number of hydrogen-bond donors (Lipinski definition) is 0. The van der Waals surface area contributed by atoms with Crippen LogP contribution in [0.25, 0.3) is 0 Å². The van der Waals surface area contributed by atoms with E-state index in [-0.39, 0.29) is 13.3 Å². The first kappa shape index (κ1) is 13.9. The molecule has 0 aromatic carbocycles. The third-order valence-electron chi connectivity index (χ3n) is 1.54. The van der Waals surface area contributed by atoms with E-state index in [0.717, 1.165) is 25.5 Å². The van der Waals surface area contributed by atoms with E-state index in [9.17, 15) is 9.59 Å². The molecule has 0 aliphatic carbocycles. The van der Waals surface area contributed by atoms with E-state index in [1.807, 2.05) is 19.0 Å². The van der Waals surface area contributed by atoms with Crippen molar-refractivity contribution in [1.29, 1.82) is 0 Å². The summed E-state index contributed by atoms with van der Waals surface area (Å²) in [7, 11) is 3.89. The molecular formula is C9H19NO2. The number of aldehydes is 2. The van der Waals surface area contributed by atoms with Crippen LogP contribution in [0.5, 0.6) is 0 Å². The molecule has 0 saturated carbocycles. The summed E-state index contributed by atoms with van der Waals surface area (Å²) < 4.78 is 0. The predicted octanol–water partition coefficient (Wildman–Crippen LogP) is 0.978. The Morgan fingerprint density at radius 3 is 2.25 bits per heavy atom. The summed E-state index contributed by atoms with van der Waals surface area (Å²) in [5.41, 5.74) is 0. The normalized spacial score (nSPS) is 11.9. The Morgan fingerprint density at radius 1 is 1.33 bits per heavy atom. The Balaban J connectivity index is 0. The van der Waals surface area contributed by atoms with Crippen molar-refractivity contribution in [3.8, 4) is 0 Å². The average Bonchev–Trinajstić information content (AvgIpc) is 1.97. The van der Waals surface area contributed by atoms with Crippen molar-refractivity contribution in [2.75, 3.05) is 20.6 Å². The smallest absolute Gasteiger partial charge is 0.123 e. The van der Waals surface area contributed by atoms with Crippen LogP contribution >= 0.6 is 0 Å². The Kier molecular flexibility index (Phi) is 9.70. The molecule has 0 spiro atoms. The van der Waals surface area contributed by atoms with E-state index in [0.29, 0.717) is 6.42 Å². The van der Waals surface area contributed by atoms with E-state index < -0.39 is 0 Å². The van der Waals surface area contributed by atoms with Crippen molar-refractivity contribution in [3.05, 3.63) is 0 Å². The lowest BCUT2D eigenvalue weighted by Crippen LogP contribution is -2.17. The number of hydrogen-bond acceptors (Lipinski definition) is 3. The molecule has 12 heavy (non-hydrogen) atoms. The Labute approximate surface area is 74.7 Å². The lowest BCUT2D eigenvalue weighted by atomic mass is 10.0. The number of nitrogens with zero attached hydrogens (tertiary/aromatic N) is 1. The predicted molar refractivity (Wildman–Crippen MR) is 50.1 cm³/mol. The van der Waals surface area contributed by atoms with Crippen LogP contribution in [0.4, 0.5) is 0 Å². The molecule has 0 radical (unpaired) electrons. The fourth-order valence-corrected chi connectivity index (χ4v) is 0.789.